The van der Waals surface area contributed by atoms with Gasteiger partial charge in [0.25, 0.3) is 0 Å². The standard InChI is InChI=1S/C31H44O5/c1-18-9-12-26(3)15-16-28(5)20(24(26)19(18)2)17-22(32)31-29(28,6)14-10-21-27(4,25(33)34-8)13-11-23(35-36-31)30(21,31)7/h11,13,17-19,21,23-24H,9-10,12,14-16H2,1-8H3/t18-,19+,21+,23+,24+,26-,27+,28-,29+,30-,31-/m1/s1. The van der Waals surface area contributed by atoms with Crippen LogP contribution in [0.5, 0.6) is 0 Å². The Morgan fingerprint density at radius 3 is 2.44 bits per heavy atom. The molecule has 5 aliphatic carbocycles. The van der Waals surface area contributed by atoms with Crippen LogP contribution in [0, 0.1) is 50.7 Å². The zero-order valence-corrected chi connectivity index (χ0v) is 23.4. The van der Waals surface area contributed by atoms with Gasteiger partial charge in [-0.15, -0.1) is 0 Å². The number of ketones is 1. The third-order valence-corrected chi connectivity index (χ3v) is 13.4. The molecule has 6 aliphatic rings. The molecule has 0 amide bonds. The van der Waals surface area contributed by atoms with Crippen LogP contribution >= 0.6 is 0 Å². The van der Waals surface area contributed by atoms with E-state index in [2.05, 4.69) is 41.5 Å². The summed E-state index contributed by atoms with van der Waals surface area (Å²) in [5, 5.41) is 0. The zero-order valence-electron chi connectivity index (χ0n) is 23.4. The summed E-state index contributed by atoms with van der Waals surface area (Å²) in [4.78, 5) is 40.3. The molecule has 1 heterocycles. The first-order chi connectivity index (χ1) is 16.8. The molecule has 0 aromatic heterocycles. The number of carbonyl (C=O) groups is 2. The zero-order chi connectivity index (χ0) is 26.1. The Bertz CT molecular complexity index is 1090. The predicted octanol–water partition coefficient (Wildman–Crippen LogP) is 6.23. The van der Waals surface area contributed by atoms with Crippen molar-refractivity contribution in [1.82, 2.24) is 0 Å². The third-order valence-electron chi connectivity index (χ3n) is 13.4. The molecular weight excluding hydrogens is 452 g/mol. The molecule has 198 valence electrons. The van der Waals surface area contributed by atoms with Crippen LogP contribution in [0.2, 0.25) is 0 Å². The molecular formula is C31H44O5. The molecule has 0 aromatic rings. The van der Waals surface area contributed by atoms with Crippen LogP contribution in [0.3, 0.4) is 0 Å². The second kappa shape index (κ2) is 7.14. The molecule has 1 saturated heterocycles. The molecule has 0 unspecified atom stereocenters. The lowest BCUT2D eigenvalue weighted by Gasteiger charge is -2.71. The van der Waals surface area contributed by atoms with Gasteiger partial charge in [0.15, 0.2) is 11.4 Å². The van der Waals surface area contributed by atoms with Gasteiger partial charge in [-0.2, -0.15) is 0 Å². The molecule has 36 heavy (non-hydrogen) atoms. The Kier molecular flexibility index (Phi) is 4.93. The number of ether oxygens (including phenoxy) is 1. The summed E-state index contributed by atoms with van der Waals surface area (Å²) in [6.07, 6.45) is 11.9. The van der Waals surface area contributed by atoms with E-state index in [-0.39, 0.29) is 34.6 Å². The highest BCUT2D eigenvalue weighted by Crippen LogP contribution is 2.78. The van der Waals surface area contributed by atoms with Gasteiger partial charge in [0.05, 0.1) is 12.5 Å². The minimum absolute atomic E-state index is 0.0457. The minimum Gasteiger partial charge on any atom is -0.468 e. The van der Waals surface area contributed by atoms with Crippen molar-refractivity contribution in [3.8, 4) is 0 Å². The van der Waals surface area contributed by atoms with Gasteiger partial charge in [0.1, 0.15) is 6.10 Å². The van der Waals surface area contributed by atoms with Crippen LogP contribution in [-0.4, -0.2) is 30.6 Å². The highest BCUT2D eigenvalue weighted by atomic mass is 17.2. The molecule has 0 N–H and O–H groups in total. The third kappa shape index (κ3) is 2.38. The number of fused-ring (bicyclic) bond motifs is 4. The van der Waals surface area contributed by atoms with Gasteiger partial charge in [-0.3, -0.25) is 9.59 Å². The Hall–Kier alpha value is -1.46. The molecule has 0 aromatic carbocycles. The molecule has 4 fully saturated rings. The average molecular weight is 497 g/mol. The summed E-state index contributed by atoms with van der Waals surface area (Å²) in [5.41, 5.74) is -1.64. The monoisotopic (exact) mass is 496 g/mol. The van der Waals surface area contributed by atoms with E-state index >= 15 is 0 Å². The number of hydrogen-bond donors (Lipinski definition) is 0. The lowest BCUT2D eigenvalue weighted by atomic mass is 9.32. The molecule has 1 spiro atoms. The summed E-state index contributed by atoms with van der Waals surface area (Å²) in [6, 6.07) is 0. The Morgan fingerprint density at radius 1 is 1.03 bits per heavy atom. The van der Waals surface area contributed by atoms with E-state index in [9.17, 15) is 9.59 Å². The summed E-state index contributed by atoms with van der Waals surface area (Å²) in [7, 11) is 1.45. The van der Waals surface area contributed by atoms with Gasteiger partial charge in [-0.25, -0.2) is 9.78 Å². The molecule has 5 nitrogen and oxygen atoms in total. The van der Waals surface area contributed by atoms with Crippen molar-refractivity contribution >= 4 is 11.8 Å². The SMILES string of the molecule is COC(=O)[C@@]1(C)C=C[C@@H]2OO[C@]34C(=O)C=C5[C@@H]6[C@@H](C)[C@H](C)CC[C@]6(C)CC[C@@]5(C)[C@]3(C)CC[C@@H]1[C@]24C. The highest BCUT2D eigenvalue weighted by molar-refractivity contribution is 6.02. The van der Waals surface area contributed by atoms with Gasteiger partial charge in [-0.05, 0) is 86.0 Å². The maximum Gasteiger partial charge on any atom is 0.315 e. The summed E-state index contributed by atoms with van der Waals surface area (Å²) >= 11 is 0. The van der Waals surface area contributed by atoms with E-state index in [4.69, 9.17) is 14.5 Å². The lowest BCUT2D eigenvalue weighted by molar-refractivity contribution is -0.350. The molecule has 0 radical (unpaired) electrons. The fraction of sp³-hybridized carbons (Fsp3) is 0.806. The number of hydrogen-bond acceptors (Lipinski definition) is 5. The van der Waals surface area contributed by atoms with Crippen molar-refractivity contribution in [2.45, 2.75) is 98.7 Å². The second-order valence-electron chi connectivity index (χ2n) is 14.4. The second-order valence-corrected chi connectivity index (χ2v) is 14.4. The number of esters is 1. The summed E-state index contributed by atoms with van der Waals surface area (Å²) in [6.45, 7) is 16.1. The first-order valence-corrected chi connectivity index (χ1v) is 14.2. The van der Waals surface area contributed by atoms with Crippen LogP contribution in [0.4, 0.5) is 0 Å². The molecule has 3 saturated carbocycles. The molecule has 1 aliphatic heterocycles. The predicted molar refractivity (Wildman–Crippen MR) is 136 cm³/mol. The molecule has 5 heteroatoms. The normalized spacial score (nSPS) is 57.2. The van der Waals surface area contributed by atoms with Crippen molar-refractivity contribution in [3.05, 3.63) is 23.8 Å². The van der Waals surface area contributed by atoms with Crippen LogP contribution < -0.4 is 0 Å². The lowest BCUT2D eigenvalue weighted by Crippen LogP contribution is -2.76. The average Bonchev–Trinajstić information content (AvgIpc) is 3.15. The molecule has 11 atom stereocenters. The van der Waals surface area contributed by atoms with Crippen LogP contribution in [-0.2, 0) is 24.1 Å². The van der Waals surface area contributed by atoms with Crippen molar-refractivity contribution in [3.63, 3.8) is 0 Å². The molecule has 6 rings (SSSR count). The highest BCUT2D eigenvalue weighted by Gasteiger charge is 2.83. The van der Waals surface area contributed by atoms with Gasteiger partial charge in [0.2, 0.25) is 0 Å². The first-order valence-electron chi connectivity index (χ1n) is 14.2. The fourth-order valence-electron chi connectivity index (χ4n) is 10.8. The van der Waals surface area contributed by atoms with Gasteiger partial charge < -0.3 is 4.74 Å². The van der Waals surface area contributed by atoms with E-state index in [0.717, 1.165) is 19.3 Å². The topological polar surface area (TPSA) is 61.8 Å². The van der Waals surface area contributed by atoms with E-state index in [1.54, 1.807) is 0 Å². The molecule has 0 bridgehead atoms. The van der Waals surface area contributed by atoms with E-state index in [1.807, 2.05) is 25.2 Å². The van der Waals surface area contributed by atoms with E-state index in [0.29, 0.717) is 17.8 Å². The van der Waals surface area contributed by atoms with Crippen molar-refractivity contribution in [1.29, 1.82) is 0 Å². The van der Waals surface area contributed by atoms with Gasteiger partial charge in [0, 0.05) is 10.8 Å². The first kappa shape index (κ1) is 24.9. The maximum atomic E-state index is 14.7. The summed E-state index contributed by atoms with van der Waals surface area (Å²) in [5.74, 6) is 1.28. The van der Waals surface area contributed by atoms with E-state index in [1.165, 1.54) is 31.9 Å². The quantitative estimate of drug-likeness (QED) is 0.245. The van der Waals surface area contributed by atoms with Gasteiger partial charge in [-0.1, -0.05) is 59.3 Å². The number of allylic oxidation sites excluding steroid dienone is 1. The van der Waals surface area contributed by atoms with Crippen molar-refractivity contribution in [2.24, 2.45) is 50.7 Å². The Balaban J connectivity index is 1.56. The largest absolute Gasteiger partial charge is 0.468 e. The van der Waals surface area contributed by atoms with E-state index < -0.39 is 21.8 Å². The Morgan fingerprint density at radius 2 is 1.75 bits per heavy atom. The fourth-order valence-corrected chi connectivity index (χ4v) is 10.8. The minimum atomic E-state index is -1.14. The summed E-state index contributed by atoms with van der Waals surface area (Å²) < 4.78 is 5.29. The Labute approximate surface area is 216 Å². The van der Waals surface area contributed by atoms with Gasteiger partial charge >= 0.3 is 5.97 Å². The maximum absolute atomic E-state index is 14.7. The number of methoxy groups -OCH3 is 1. The number of carbonyl (C=O) groups excluding carboxylic acids is 2. The van der Waals surface area contributed by atoms with Crippen LogP contribution in [0.25, 0.3) is 0 Å². The van der Waals surface area contributed by atoms with Crippen LogP contribution in [0.1, 0.15) is 87.0 Å². The van der Waals surface area contributed by atoms with Crippen LogP contribution in [0.15, 0.2) is 23.8 Å². The van der Waals surface area contributed by atoms with Crippen molar-refractivity contribution < 1.29 is 24.1 Å². The number of rotatable bonds is 1. The van der Waals surface area contributed by atoms with Crippen molar-refractivity contribution in [2.75, 3.05) is 7.11 Å². The smallest absolute Gasteiger partial charge is 0.315 e.